The molecule has 1 saturated heterocycles. The number of pyridine rings is 2. The first-order valence-electron chi connectivity index (χ1n) is 12.2. The number of Topliss-reactive ketones (excluding diaryl/α,β-unsaturated/α-hetero) is 1. The molecule has 1 amide bonds. The molecule has 200 valence electrons. The van der Waals surface area contributed by atoms with Crippen molar-refractivity contribution in [3.63, 3.8) is 0 Å². The van der Waals surface area contributed by atoms with Crippen LogP contribution in [-0.2, 0) is 15.3 Å². The number of aliphatic hydroxyl groups excluding tert-OH is 1. The average Bonchev–Trinajstić information content (AvgIpc) is 3.64. The smallest absolute Gasteiger partial charge is 0.301 e. The van der Waals surface area contributed by atoms with E-state index in [4.69, 9.17) is 11.6 Å². The predicted molar refractivity (Wildman–Crippen MR) is 155 cm³/mol. The molecule has 1 fully saturated rings. The summed E-state index contributed by atoms with van der Waals surface area (Å²) in [5.41, 5.74) is 3.97. The summed E-state index contributed by atoms with van der Waals surface area (Å²) in [6.45, 7) is 3.72. The van der Waals surface area contributed by atoms with E-state index in [2.05, 4.69) is 20.2 Å². The highest BCUT2D eigenvalue weighted by atomic mass is 35.5. The number of halogens is 1. The van der Waals surface area contributed by atoms with Crippen molar-refractivity contribution in [3.05, 3.63) is 106 Å². The van der Waals surface area contributed by atoms with E-state index in [0.717, 1.165) is 11.1 Å². The Hall–Kier alpha value is -4.06. The van der Waals surface area contributed by atoms with Gasteiger partial charge in [0.25, 0.3) is 5.78 Å². The fourth-order valence-corrected chi connectivity index (χ4v) is 6.59. The lowest BCUT2D eigenvalue weighted by molar-refractivity contribution is -0.132. The van der Waals surface area contributed by atoms with Crippen LogP contribution in [0.3, 0.4) is 0 Å². The molecule has 1 aliphatic heterocycles. The molecule has 0 saturated carbocycles. The van der Waals surface area contributed by atoms with Gasteiger partial charge in [0.2, 0.25) is 5.13 Å². The maximum atomic E-state index is 13.5. The second-order valence-electron chi connectivity index (χ2n) is 9.15. The molecule has 6 rings (SSSR count). The minimum absolute atomic E-state index is 0.0762. The van der Waals surface area contributed by atoms with Gasteiger partial charge in [-0.15, -0.1) is 10.2 Å². The van der Waals surface area contributed by atoms with Crippen molar-refractivity contribution in [3.8, 4) is 0 Å². The molecule has 1 atom stereocenters. The summed E-state index contributed by atoms with van der Waals surface area (Å²) >= 11 is 8.64. The van der Waals surface area contributed by atoms with E-state index in [1.54, 1.807) is 31.5 Å². The third kappa shape index (κ3) is 4.55. The highest BCUT2D eigenvalue weighted by Gasteiger charge is 2.49. The van der Waals surface area contributed by atoms with Crippen molar-refractivity contribution in [1.82, 2.24) is 24.6 Å². The lowest BCUT2D eigenvalue weighted by Gasteiger charge is -2.21. The molecule has 0 spiro atoms. The molecule has 1 aliphatic rings. The van der Waals surface area contributed by atoms with Gasteiger partial charge in [-0.2, -0.15) is 0 Å². The number of aliphatic hydroxyl groups is 1. The normalized spacial score (nSPS) is 16.8. The van der Waals surface area contributed by atoms with Crippen LogP contribution in [0, 0.1) is 13.8 Å². The Labute approximate surface area is 242 Å². The minimum Gasteiger partial charge on any atom is -0.505 e. The van der Waals surface area contributed by atoms with Crippen LogP contribution in [0.1, 0.15) is 34.1 Å². The number of rotatable bonds is 6. The highest BCUT2D eigenvalue weighted by molar-refractivity contribution is 8.00. The van der Waals surface area contributed by atoms with Crippen LogP contribution >= 0.6 is 34.7 Å². The van der Waals surface area contributed by atoms with Gasteiger partial charge in [-0.05, 0) is 54.8 Å². The van der Waals surface area contributed by atoms with Gasteiger partial charge in [0, 0.05) is 29.4 Å². The number of carbonyl (C=O) groups is 2. The Bertz CT molecular complexity index is 1800. The van der Waals surface area contributed by atoms with E-state index in [0.29, 0.717) is 32.0 Å². The number of imidazole rings is 1. The number of hydrogen-bond donors (Lipinski definition) is 1. The van der Waals surface area contributed by atoms with Crippen LogP contribution in [0.15, 0.2) is 77.0 Å². The monoisotopic (exact) mass is 588 g/mol. The lowest BCUT2D eigenvalue weighted by Crippen LogP contribution is -2.29. The molecule has 5 heterocycles. The standard InChI is InChI=1S/C28H21ClN6O3S2/c1-15-5-4-12-34-16(2)21(31-25(15)34)23(36)20-22(18-6-3-11-30-13-18)35(26(38)24(20)37)27-32-33-28(40-27)39-14-17-7-9-19(29)10-8-17/h3-13,22,36H,14H2,1-2H3/b23-20+. The van der Waals surface area contributed by atoms with Crippen LogP contribution in [0.5, 0.6) is 0 Å². The van der Waals surface area contributed by atoms with E-state index in [-0.39, 0.29) is 22.2 Å². The second kappa shape index (κ2) is 10.5. The van der Waals surface area contributed by atoms with Crippen LogP contribution in [-0.4, -0.2) is 41.4 Å². The summed E-state index contributed by atoms with van der Waals surface area (Å²) < 4.78 is 2.47. The maximum Gasteiger partial charge on any atom is 0.301 e. The van der Waals surface area contributed by atoms with Crippen molar-refractivity contribution in [2.24, 2.45) is 0 Å². The SMILES string of the molecule is Cc1cccn2c(C)c(/C(O)=C3\C(=O)C(=O)N(c4nnc(SCc5ccc(Cl)cc5)s4)C3c3cccnc3)nc12. The van der Waals surface area contributed by atoms with E-state index >= 15 is 0 Å². The lowest BCUT2D eigenvalue weighted by atomic mass is 9.98. The number of ketones is 1. The van der Waals surface area contributed by atoms with Crippen LogP contribution in [0.25, 0.3) is 11.4 Å². The minimum atomic E-state index is -0.957. The number of anilines is 1. The van der Waals surface area contributed by atoms with Gasteiger partial charge in [-0.1, -0.05) is 59.0 Å². The van der Waals surface area contributed by atoms with Crippen molar-refractivity contribution >= 4 is 62.9 Å². The Kier molecular flexibility index (Phi) is 6.87. The molecule has 0 bridgehead atoms. The van der Waals surface area contributed by atoms with Crippen molar-refractivity contribution in [1.29, 1.82) is 0 Å². The summed E-state index contributed by atoms with van der Waals surface area (Å²) in [6, 6.07) is 13.8. The van der Waals surface area contributed by atoms with Gasteiger partial charge < -0.3 is 9.51 Å². The molecule has 9 nitrogen and oxygen atoms in total. The molecule has 40 heavy (non-hydrogen) atoms. The van der Waals surface area contributed by atoms with Gasteiger partial charge in [-0.25, -0.2) is 4.98 Å². The van der Waals surface area contributed by atoms with Gasteiger partial charge in [-0.3, -0.25) is 19.5 Å². The predicted octanol–water partition coefficient (Wildman–Crippen LogP) is 5.77. The molecular formula is C28H21ClN6O3S2. The van der Waals surface area contributed by atoms with E-state index < -0.39 is 17.7 Å². The number of aryl methyl sites for hydroxylation is 2. The van der Waals surface area contributed by atoms with Crippen molar-refractivity contribution in [2.45, 2.75) is 30.0 Å². The molecule has 0 aliphatic carbocycles. The molecular weight excluding hydrogens is 568 g/mol. The number of amides is 1. The van der Waals surface area contributed by atoms with Gasteiger partial charge >= 0.3 is 5.91 Å². The zero-order valence-electron chi connectivity index (χ0n) is 21.3. The Morgan fingerprint density at radius 1 is 1.10 bits per heavy atom. The summed E-state index contributed by atoms with van der Waals surface area (Å²) in [7, 11) is 0. The van der Waals surface area contributed by atoms with Gasteiger partial charge in [0.05, 0.1) is 17.3 Å². The zero-order valence-corrected chi connectivity index (χ0v) is 23.7. The maximum absolute atomic E-state index is 13.5. The van der Waals surface area contributed by atoms with Crippen LogP contribution < -0.4 is 4.90 Å². The Balaban J connectivity index is 1.41. The number of aromatic nitrogens is 5. The van der Waals surface area contributed by atoms with E-state index in [1.165, 1.54) is 28.0 Å². The van der Waals surface area contributed by atoms with Crippen molar-refractivity contribution < 1.29 is 14.7 Å². The summed E-state index contributed by atoms with van der Waals surface area (Å²) in [5, 5.41) is 21.0. The van der Waals surface area contributed by atoms with Gasteiger partial charge in [0.1, 0.15) is 11.3 Å². The Morgan fingerprint density at radius 3 is 2.62 bits per heavy atom. The fraction of sp³-hybridized carbons (Fsp3) is 0.143. The second-order valence-corrected chi connectivity index (χ2v) is 11.8. The van der Waals surface area contributed by atoms with Crippen LogP contribution in [0.2, 0.25) is 5.02 Å². The number of nitrogens with zero attached hydrogens (tertiary/aromatic N) is 6. The Morgan fingerprint density at radius 2 is 1.90 bits per heavy atom. The molecule has 0 radical (unpaired) electrons. The molecule has 4 aromatic heterocycles. The number of hydrogen-bond acceptors (Lipinski definition) is 9. The van der Waals surface area contributed by atoms with Gasteiger partial charge in [0.15, 0.2) is 10.1 Å². The molecule has 5 aromatic rings. The fourth-order valence-electron chi connectivity index (χ4n) is 4.64. The summed E-state index contributed by atoms with van der Waals surface area (Å²) in [6.07, 6.45) is 5.00. The number of carbonyl (C=O) groups excluding carboxylic acids is 2. The first kappa shape index (κ1) is 26.2. The zero-order chi connectivity index (χ0) is 28.0. The highest BCUT2D eigenvalue weighted by Crippen LogP contribution is 2.44. The molecule has 1 unspecified atom stereocenters. The topological polar surface area (TPSA) is 114 Å². The summed E-state index contributed by atoms with van der Waals surface area (Å²) in [4.78, 5) is 37.1. The number of fused-ring (bicyclic) bond motifs is 1. The third-order valence-electron chi connectivity index (χ3n) is 6.63. The molecule has 1 aromatic carbocycles. The number of benzene rings is 1. The summed E-state index contributed by atoms with van der Waals surface area (Å²) in [5.74, 6) is -1.36. The van der Waals surface area contributed by atoms with E-state index in [9.17, 15) is 14.7 Å². The average molecular weight is 589 g/mol. The third-order valence-corrected chi connectivity index (χ3v) is 9.01. The van der Waals surface area contributed by atoms with E-state index in [1.807, 2.05) is 53.9 Å². The van der Waals surface area contributed by atoms with Crippen molar-refractivity contribution in [2.75, 3.05) is 4.90 Å². The first-order chi connectivity index (χ1) is 19.3. The quantitative estimate of drug-likeness (QED) is 0.0874. The number of thioether (sulfide) groups is 1. The first-order valence-corrected chi connectivity index (χ1v) is 14.4. The largest absolute Gasteiger partial charge is 0.505 e. The molecule has 12 heteroatoms. The molecule has 1 N–H and O–H groups in total. The van der Waals surface area contributed by atoms with Crippen LogP contribution in [0.4, 0.5) is 5.13 Å².